The number of halogens is 1. The van der Waals surface area contributed by atoms with Gasteiger partial charge < -0.3 is 0 Å². The molecule has 2 aromatic carbocycles. The van der Waals surface area contributed by atoms with E-state index in [1.54, 1.807) is 6.33 Å². The highest BCUT2D eigenvalue weighted by Gasteiger charge is 2.07. The van der Waals surface area contributed by atoms with Gasteiger partial charge in [-0.05, 0) is 24.3 Å². The van der Waals surface area contributed by atoms with E-state index in [2.05, 4.69) is 22.2 Å². The van der Waals surface area contributed by atoms with Crippen LogP contribution >= 0.6 is 11.6 Å². The average molecular weight is 280 g/mol. The Kier molecular flexibility index (Phi) is 2.47. The Balaban J connectivity index is 1.98. The van der Waals surface area contributed by atoms with Crippen molar-refractivity contribution in [3.8, 4) is 11.3 Å². The predicted molar refractivity (Wildman–Crippen MR) is 80.9 cm³/mol. The molecule has 0 N–H and O–H groups in total. The zero-order valence-corrected chi connectivity index (χ0v) is 11.2. The summed E-state index contributed by atoms with van der Waals surface area (Å²) < 4.78 is 1.81. The lowest BCUT2D eigenvalue weighted by atomic mass is 10.1. The number of benzene rings is 2. The third kappa shape index (κ3) is 1.75. The summed E-state index contributed by atoms with van der Waals surface area (Å²) in [5, 5.41) is 6.40. The molecule has 3 nitrogen and oxygen atoms in total. The van der Waals surface area contributed by atoms with Crippen molar-refractivity contribution in [1.29, 1.82) is 0 Å². The lowest BCUT2D eigenvalue weighted by Gasteiger charge is -1.97. The fraction of sp³-hybridized carbons (Fsp3) is 0. The van der Waals surface area contributed by atoms with Crippen LogP contribution < -0.4 is 0 Å². The van der Waals surface area contributed by atoms with Gasteiger partial charge in [0.15, 0.2) is 0 Å². The molecule has 0 aliphatic heterocycles. The maximum absolute atomic E-state index is 5.92. The van der Waals surface area contributed by atoms with Gasteiger partial charge >= 0.3 is 0 Å². The van der Waals surface area contributed by atoms with Crippen molar-refractivity contribution in [3.05, 3.63) is 65.9 Å². The van der Waals surface area contributed by atoms with E-state index < -0.39 is 0 Å². The second-order valence-corrected chi connectivity index (χ2v) is 5.06. The highest BCUT2D eigenvalue weighted by Crippen LogP contribution is 2.25. The topological polar surface area (TPSA) is 30.2 Å². The quantitative estimate of drug-likeness (QED) is 0.523. The van der Waals surface area contributed by atoms with E-state index in [1.165, 1.54) is 0 Å². The minimum Gasteiger partial charge on any atom is -0.236 e. The summed E-state index contributed by atoms with van der Waals surface area (Å²) in [4.78, 5) is 4.41. The van der Waals surface area contributed by atoms with Gasteiger partial charge in [0.1, 0.15) is 6.33 Å². The van der Waals surface area contributed by atoms with Gasteiger partial charge in [0, 0.05) is 16.0 Å². The van der Waals surface area contributed by atoms with Crippen LogP contribution in [0.15, 0.2) is 60.9 Å². The number of rotatable bonds is 1. The van der Waals surface area contributed by atoms with Crippen LogP contribution in [-0.4, -0.2) is 14.6 Å². The molecular formula is C16H10ClN3. The Labute approximate surface area is 120 Å². The predicted octanol–water partition coefficient (Wildman–Crippen LogP) is 4.20. The summed E-state index contributed by atoms with van der Waals surface area (Å²) >= 11 is 5.92. The van der Waals surface area contributed by atoms with Crippen molar-refractivity contribution in [2.45, 2.75) is 0 Å². The fourth-order valence-electron chi connectivity index (χ4n) is 2.37. The van der Waals surface area contributed by atoms with Crippen LogP contribution in [0.4, 0.5) is 0 Å². The van der Waals surface area contributed by atoms with Gasteiger partial charge in [-0.2, -0.15) is 5.10 Å². The average Bonchev–Trinajstić information content (AvgIpc) is 2.92. The fourth-order valence-corrected chi connectivity index (χ4v) is 2.49. The number of aromatic nitrogens is 3. The van der Waals surface area contributed by atoms with Crippen LogP contribution in [-0.2, 0) is 0 Å². The van der Waals surface area contributed by atoms with Gasteiger partial charge in [0.05, 0.1) is 16.7 Å². The molecule has 4 rings (SSSR count). The van der Waals surface area contributed by atoms with Gasteiger partial charge in [-0.25, -0.2) is 9.50 Å². The zero-order chi connectivity index (χ0) is 13.5. The molecule has 0 aliphatic rings. The monoisotopic (exact) mass is 279 g/mol. The minimum absolute atomic E-state index is 0.727. The summed E-state index contributed by atoms with van der Waals surface area (Å²) in [6, 6.07) is 17.8. The van der Waals surface area contributed by atoms with E-state index >= 15 is 0 Å². The van der Waals surface area contributed by atoms with Crippen molar-refractivity contribution in [3.63, 3.8) is 0 Å². The highest BCUT2D eigenvalue weighted by molar-refractivity contribution is 6.30. The van der Waals surface area contributed by atoms with Gasteiger partial charge in [-0.15, -0.1) is 0 Å². The summed E-state index contributed by atoms with van der Waals surface area (Å²) in [6.07, 6.45) is 1.75. The Morgan fingerprint density at radius 1 is 0.950 bits per heavy atom. The normalized spacial score (nSPS) is 11.2. The Morgan fingerprint density at radius 3 is 2.60 bits per heavy atom. The van der Waals surface area contributed by atoms with Crippen molar-refractivity contribution in [2.75, 3.05) is 0 Å². The molecule has 0 aliphatic carbocycles. The second kappa shape index (κ2) is 4.32. The van der Waals surface area contributed by atoms with E-state index in [0.29, 0.717) is 0 Å². The van der Waals surface area contributed by atoms with Crippen LogP contribution in [0.3, 0.4) is 0 Å². The number of para-hydroxylation sites is 1. The second-order valence-electron chi connectivity index (χ2n) is 4.63. The zero-order valence-electron chi connectivity index (χ0n) is 10.5. The van der Waals surface area contributed by atoms with E-state index in [4.69, 9.17) is 11.6 Å². The van der Waals surface area contributed by atoms with E-state index in [0.717, 1.165) is 32.7 Å². The van der Waals surface area contributed by atoms with Gasteiger partial charge in [-0.1, -0.05) is 41.9 Å². The molecule has 0 fully saturated rings. The van der Waals surface area contributed by atoms with E-state index in [1.807, 2.05) is 47.0 Å². The Morgan fingerprint density at radius 2 is 1.75 bits per heavy atom. The van der Waals surface area contributed by atoms with Crippen LogP contribution in [0.2, 0.25) is 5.02 Å². The lowest BCUT2D eigenvalue weighted by Crippen LogP contribution is -1.90. The first kappa shape index (κ1) is 11.4. The first-order valence-electron chi connectivity index (χ1n) is 6.30. The lowest BCUT2D eigenvalue weighted by molar-refractivity contribution is 0.938. The number of fused-ring (bicyclic) bond motifs is 3. The maximum atomic E-state index is 5.92. The number of hydrogen-bond donors (Lipinski definition) is 0. The summed E-state index contributed by atoms with van der Waals surface area (Å²) in [5.74, 6) is 0. The van der Waals surface area contributed by atoms with Crippen LogP contribution in [0.25, 0.3) is 27.7 Å². The highest BCUT2D eigenvalue weighted by atomic mass is 35.5. The van der Waals surface area contributed by atoms with Crippen molar-refractivity contribution >= 4 is 28.0 Å². The van der Waals surface area contributed by atoms with Crippen molar-refractivity contribution in [1.82, 2.24) is 14.6 Å². The SMILES string of the molecule is Clc1ccc(-c2cc3c4ccccc4ncn3n2)cc1. The standard InChI is InChI=1S/C16H10ClN3/c17-12-7-5-11(6-8-12)15-9-16-13-3-1-2-4-14(13)18-10-20(16)19-15/h1-10H. The van der Waals surface area contributed by atoms with Crippen LogP contribution in [0, 0.1) is 0 Å². The van der Waals surface area contributed by atoms with Gasteiger partial charge in [-0.3, -0.25) is 0 Å². The molecule has 0 bridgehead atoms. The Hall–Kier alpha value is -2.39. The number of hydrogen-bond acceptors (Lipinski definition) is 2. The van der Waals surface area contributed by atoms with Crippen molar-refractivity contribution < 1.29 is 0 Å². The van der Waals surface area contributed by atoms with Crippen LogP contribution in [0.5, 0.6) is 0 Å². The molecule has 0 saturated carbocycles. The molecule has 0 unspecified atom stereocenters. The molecule has 0 amide bonds. The molecule has 0 atom stereocenters. The van der Waals surface area contributed by atoms with Crippen molar-refractivity contribution in [2.24, 2.45) is 0 Å². The smallest absolute Gasteiger partial charge is 0.118 e. The van der Waals surface area contributed by atoms with Crippen LogP contribution in [0.1, 0.15) is 0 Å². The molecule has 4 aromatic rings. The largest absolute Gasteiger partial charge is 0.236 e. The summed E-state index contributed by atoms with van der Waals surface area (Å²) in [5.41, 5.74) is 3.99. The van der Waals surface area contributed by atoms with Gasteiger partial charge in [0.25, 0.3) is 0 Å². The molecule has 0 spiro atoms. The molecule has 4 heteroatoms. The van der Waals surface area contributed by atoms with E-state index in [-0.39, 0.29) is 0 Å². The molecule has 20 heavy (non-hydrogen) atoms. The Bertz CT molecular complexity index is 910. The van der Waals surface area contributed by atoms with Gasteiger partial charge in [0.2, 0.25) is 0 Å². The maximum Gasteiger partial charge on any atom is 0.118 e. The molecule has 0 radical (unpaired) electrons. The minimum atomic E-state index is 0.727. The summed E-state index contributed by atoms with van der Waals surface area (Å²) in [6.45, 7) is 0. The first-order chi connectivity index (χ1) is 9.81. The summed E-state index contributed by atoms with van der Waals surface area (Å²) in [7, 11) is 0. The molecule has 2 heterocycles. The molecule has 0 saturated heterocycles. The third-order valence-electron chi connectivity index (χ3n) is 3.36. The van der Waals surface area contributed by atoms with E-state index in [9.17, 15) is 0 Å². The molecule has 2 aromatic heterocycles. The molecule has 96 valence electrons. The first-order valence-corrected chi connectivity index (χ1v) is 6.68. The third-order valence-corrected chi connectivity index (χ3v) is 3.61. The molecular weight excluding hydrogens is 270 g/mol. The number of nitrogens with zero attached hydrogens (tertiary/aromatic N) is 3.